The monoisotopic (exact) mass is 288 g/mol. The molecule has 0 saturated carbocycles. The Morgan fingerprint density at radius 1 is 1.15 bits per heavy atom. The minimum atomic E-state index is 0.635. The Morgan fingerprint density at radius 3 is 2.35 bits per heavy atom. The Bertz CT molecular complexity index is 598. The minimum Gasteiger partial charge on any atom is -0.323 e. The molecule has 0 bridgehead atoms. The molecule has 0 aliphatic heterocycles. The van der Waals surface area contributed by atoms with Crippen LogP contribution in [0.3, 0.4) is 0 Å². The Labute approximate surface area is 125 Å². The van der Waals surface area contributed by atoms with Gasteiger partial charge in [0.1, 0.15) is 0 Å². The summed E-state index contributed by atoms with van der Waals surface area (Å²) in [7, 11) is 0. The van der Waals surface area contributed by atoms with Crippen LogP contribution in [0.2, 0.25) is 0 Å². The van der Waals surface area contributed by atoms with Crippen LogP contribution in [0.4, 0.5) is 5.69 Å². The molecule has 0 unspecified atom stereocenters. The minimum absolute atomic E-state index is 0.635. The molecule has 0 aliphatic carbocycles. The fourth-order valence-electron chi connectivity index (χ4n) is 2.37. The first-order valence-corrected chi connectivity index (χ1v) is 8.33. The number of benzene rings is 1. The summed E-state index contributed by atoms with van der Waals surface area (Å²) in [6.07, 6.45) is 4.20. The SMILES string of the molecule is CCc1cccc(CC)c1N=c1sccn1CC(C)C. The largest absolute Gasteiger partial charge is 0.323 e. The second-order valence-corrected chi connectivity index (χ2v) is 6.35. The van der Waals surface area contributed by atoms with E-state index in [1.807, 2.05) is 0 Å². The summed E-state index contributed by atoms with van der Waals surface area (Å²) in [5.41, 5.74) is 3.86. The number of hydrogen-bond acceptors (Lipinski definition) is 2. The second kappa shape index (κ2) is 6.89. The van der Waals surface area contributed by atoms with E-state index in [2.05, 4.69) is 62.0 Å². The number of thiazole rings is 1. The molecule has 0 atom stereocenters. The Kier molecular flexibility index (Phi) is 5.18. The smallest absolute Gasteiger partial charge is 0.189 e. The van der Waals surface area contributed by atoms with Crippen LogP contribution in [-0.4, -0.2) is 4.57 Å². The van der Waals surface area contributed by atoms with E-state index in [9.17, 15) is 0 Å². The zero-order valence-electron chi connectivity index (χ0n) is 12.9. The van der Waals surface area contributed by atoms with Gasteiger partial charge < -0.3 is 4.57 Å². The van der Waals surface area contributed by atoms with Crippen LogP contribution in [0.5, 0.6) is 0 Å². The number of hydrogen-bond donors (Lipinski definition) is 0. The van der Waals surface area contributed by atoms with Gasteiger partial charge >= 0.3 is 0 Å². The molecule has 1 heterocycles. The predicted molar refractivity (Wildman–Crippen MR) is 87.6 cm³/mol. The first-order chi connectivity index (χ1) is 9.65. The van der Waals surface area contributed by atoms with E-state index in [1.54, 1.807) is 11.3 Å². The fraction of sp³-hybridized carbons (Fsp3) is 0.471. The van der Waals surface area contributed by atoms with Gasteiger partial charge in [-0.15, -0.1) is 11.3 Å². The lowest BCUT2D eigenvalue weighted by atomic mass is 10.0. The van der Waals surface area contributed by atoms with Gasteiger partial charge in [-0.2, -0.15) is 0 Å². The lowest BCUT2D eigenvalue weighted by Crippen LogP contribution is -2.17. The summed E-state index contributed by atoms with van der Waals surface area (Å²) >= 11 is 1.72. The van der Waals surface area contributed by atoms with E-state index in [0.717, 1.165) is 24.2 Å². The summed E-state index contributed by atoms with van der Waals surface area (Å²) < 4.78 is 2.27. The van der Waals surface area contributed by atoms with Gasteiger partial charge in [0.05, 0.1) is 5.69 Å². The van der Waals surface area contributed by atoms with Gasteiger partial charge in [-0.25, -0.2) is 4.99 Å². The van der Waals surface area contributed by atoms with Gasteiger partial charge in [0.25, 0.3) is 0 Å². The maximum atomic E-state index is 4.98. The first-order valence-electron chi connectivity index (χ1n) is 7.45. The Hall–Kier alpha value is -1.35. The molecular weight excluding hydrogens is 264 g/mol. The average Bonchev–Trinajstić information content (AvgIpc) is 2.85. The molecule has 2 nitrogen and oxygen atoms in total. The highest BCUT2D eigenvalue weighted by atomic mass is 32.1. The standard InChI is InChI=1S/C17H24N2S/c1-5-14-8-7-9-15(6-2)16(14)18-17-19(10-11-20-17)12-13(3)4/h7-11,13H,5-6,12H2,1-4H3. The number of aromatic nitrogens is 1. The maximum absolute atomic E-state index is 4.98. The van der Waals surface area contributed by atoms with Crippen molar-refractivity contribution in [2.24, 2.45) is 10.9 Å². The molecule has 0 spiro atoms. The number of para-hydroxylation sites is 1. The number of nitrogens with zero attached hydrogens (tertiary/aromatic N) is 2. The highest BCUT2D eigenvalue weighted by Crippen LogP contribution is 2.25. The lowest BCUT2D eigenvalue weighted by Gasteiger charge is -2.09. The van der Waals surface area contributed by atoms with E-state index in [4.69, 9.17) is 4.99 Å². The van der Waals surface area contributed by atoms with E-state index in [1.165, 1.54) is 16.8 Å². The highest BCUT2D eigenvalue weighted by Gasteiger charge is 2.06. The van der Waals surface area contributed by atoms with Gasteiger partial charge in [0, 0.05) is 18.1 Å². The van der Waals surface area contributed by atoms with Crippen molar-refractivity contribution in [3.63, 3.8) is 0 Å². The van der Waals surface area contributed by atoms with Gasteiger partial charge in [-0.05, 0) is 29.9 Å². The van der Waals surface area contributed by atoms with Crippen molar-refractivity contribution in [3.05, 3.63) is 45.7 Å². The number of aryl methyl sites for hydroxylation is 2. The molecular formula is C17H24N2S. The van der Waals surface area contributed by atoms with Crippen LogP contribution in [0, 0.1) is 5.92 Å². The molecule has 1 aromatic heterocycles. The summed E-state index contributed by atoms with van der Waals surface area (Å²) in [6, 6.07) is 6.53. The van der Waals surface area contributed by atoms with E-state index < -0.39 is 0 Å². The van der Waals surface area contributed by atoms with E-state index in [0.29, 0.717) is 5.92 Å². The summed E-state index contributed by atoms with van der Waals surface area (Å²) in [5.74, 6) is 0.635. The summed E-state index contributed by atoms with van der Waals surface area (Å²) in [4.78, 5) is 6.08. The second-order valence-electron chi connectivity index (χ2n) is 5.48. The normalized spacial score (nSPS) is 12.3. The van der Waals surface area contributed by atoms with Crippen molar-refractivity contribution >= 4 is 17.0 Å². The Morgan fingerprint density at radius 2 is 1.80 bits per heavy atom. The van der Waals surface area contributed by atoms with Crippen molar-refractivity contribution < 1.29 is 0 Å². The van der Waals surface area contributed by atoms with Crippen LogP contribution in [0.15, 0.2) is 34.8 Å². The van der Waals surface area contributed by atoms with Gasteiger partial charge in [-0.1, -0.05) is 45.9 Å². The zero-order chi connectivity index (χ0) is 14.5. The maximum Gasteiger partial charge on any atom is 0.189 e. The molecule has 0 amide bonds. The van der Waals surface area contributed by atoms with Crippen LogP contribution in [0.1, 0.15) is 38.8 Å². The van der Waals surface area contributed by atoms with Gasteiger partial charge in [0.2, 0.25) is 0 Å². The predicted octanol–water partition coefficient (Wildman–Crippen LogP) is 4.56. The molecule has 0 N–H and O–H groups in total. The molecule has 3 heteroatoms. The average molecular weight is 288 g/mol. The van der Waals surface area contributed by atoms with Gasteiger partial charge in [-0.3, -0.25) is 0 Å². The molecule has 2 rings (SSSR count). The van der Waals surface area contributed by atoms with Crippen LogP contribution < -0.4 is 4.80 Å². The van der Waals surface area contributed by atoms with Crippen LogP contribution in [-0.2, 0) is 19.4 Å². The Balaban J connectivity index is 2.52. The summed E-state index contributed by atoms with van der Waals surface area (Å²) in [6.45, 7) is 9.91. The van der Waals surface area contributed by atoms with Crippen molar-refractivity contribution in [1.82, 2.24) is 4.57 Å². The first kappa shape index (κ1) is 15.0. The van der Waals surface area contributed by atoms with Crippen LogP contribution >= 0.6 is 11.3 Å². The van der Waals surface area contributed by atoms with Crippen molar-refractivity contribution in [2.45, 2.75) is 47.1 Å². The zero-order valence-corrected chi connectivity index (χ0v) is 13.7. The molecule has 0 aliphatic rings. The third-order valence-electron chi connectivity index (χ3n) is 3.39. The molecule has 0 fully saturated rings. The molecule has 0 radical (unpaired) electrons. The summed E-state index contributed by atoms with van der Waals surface area (Å²) in [5, 5.41) is 2.13. The van der Waals surface area contributed by atoms with E-state index >= 15 is 0 Å². The number of rotatable bonds is 5. The third-order valence-corrected chi connectivity index (χ3v) is 4.19. The third kappa shape index (κ3) is 3.40. The lowest BCUT2D eigenvalue weighted by molar-refractivity contribution is 0.514. The van der Waals surface area contributed by atoms with Crippen molar-refractivity contribution in [2.75, 3.05) is 0 Å². The molecule has 1 aromatic carbocycles. The van der Waals surface area contributed by atoms with Crippen molar-refractivity contribution in [1.29, 1.82) is 0 Å². The molecule has 0 saturated heterocycles. The molecule has 2 aromatic rings. The molecule has 20 heavy (non-hydrogen) atoms. The topological polar surface area (TPSA) is 17.3 Å². The molecule has 108 valence electrons. The van der Waals surface area contributed by atoms with Gasteiger partial charge in [0.15, 0.2) is 4.80 Å². The van der Waals surface area contributed by atoms with E-state index in [-0.39, 0.29) is 0 Å². The highest BCUT2D eigenvalue weighted by molar-refractivity contribution is 7.07. The van der Waals surface area contributed by atoms with Crippen LogP contribution in [0.25, 0.3) is 0 Å². The fourth-order valence-corrected chi connectivity index (χ4v) is 3.12. The quantitative estimate of drug-likeness (QED) is 0.767. The van der Waals surface area contributed by atoms with Crippen molar-refractivity contribution in [3.8, 4) is 0 Å².